The van der Waals surface area contributed by atoms with Gasteiger partial charge < -0.3 is 4.74 Å². The summed E-state index contributed by atoms with van der Waals surface area (Å²) in [5.41, 5.74) is 2.38. The summed E-state index contributed by atoms with van der Waals surface area (Å²) in [4.78, 5) is 4.00. The van der Waals surface area contributed by atoms with Crippen molar-refractivity contribution in [3.8, 4) is 11.5 Å². The van der Waals surface area contributed by atoms with Gasteiger partial charge in [0.15, 0.2) is 0 Å². The molecule has 0 unspecified atom stereocenters. The number of hydrogen-bond acceptors (Lipinski definition) is 2. The Balaban J connectivity index is 2.25. The summed E-state index contributed by atoms with van der Waals surface area (Å²) < 4.78 is 5.70. The SMILES string of the molecule is Cc1ccc(Oc2cccnc2)c(C)c1. The van der Waals surface area contributed by atoms with Crippen molar-refractivity contribution in [1.82, 2.24) is 4.98 Å². The van der Waals surface area contributed by atoms with E-state index in [0.717, 1.165) is 17.1 Å². The first-order chi connectivity index (χ1) is 7.25. The number of rotatable bonds is 2. The first-order valence-corrected chi connectivity index (χ1v) is 4.91. The fourth-order valence-corrected chi connectivity index (χ4v) is 1.45. The lowest BCUT2D eigenvalue weighted by Gasteiger charge is -2.08. The Labute approximate surface area is 89.6 Å². The monoisotopic (exact) mass is 199 g/mol. The van der Waals surface area contributed by atoms with E-state index in [1.807, 2.05) is 31.2 Å². The highest BCUT2D eigenvalue weighted by Crippen LogP contribution is 2.24. The molecule has 15 heavy (non-hydrogen) atoms. The van der Waals surface area contributed by atoms with E-state index in [4.69, 9.17) is 4.74 Å². The van der Waals surface area contributed by atoms with Crippen molar-refractivity contribution < 1.29 is 4.74 Å². The number of ether oxygens (including phenoxy) is 1. The Morgan fingerprint density at radius 2 is 2.00 bits per heavy atom. The zero-order chi connectivity index (χ0) is 10.7. The van der Waals surface area contributed by atoms with Crippen LogP contribution in [0.1, 0.15) is 11.1 Å². The van der Waals surface area contributed by atoms with Crippen LogP contribution in [0.3, 0.4) is 0 Å². The molecule has 0 aliphatic rings. The maximum atomic E-state index is 5.70. The van der Waals surface area contributed by atoms with Gasteiger partial charge in [0.2, 0.25) is 0 Å². The van der Waals surface area contributed by atoms with E-state index in [1.54, 1.807) is 12.4 Å². The lowest BCUT2D eigenvalue weighted by molar-refractivity contribution is 0.476. The summed E-state index contributed by atoms with van der Waals surface area (Å²) in [5, 5.41) is 0. The van der Waals surface area contributed by atoms with Crippen molar-refractivity contribution in [3.63, 3.8) is 0 Å². The molecular weight excluding hydrogens is 186 g/mol. The molecular formula is C13H13NO. The van der Waals surface area contributed by atoms with Crippen LogP contribution in [0.4, 0.5) is 0 Å². The topological polar surface area (TPSA) is 22.1 Å². The second kappa shape index (κ2) is 4.13. The van der Waals surface area contributed by atoms with Crippen molar-refractivity contribution in [1.29, 1.82) is 0 Å². The predicted molar refractivity (Wildman–Crippen MR) is 60.2 cm³/mol. The van der Waals surface area contributed by atoms with Crippen LogP contribution in [0, 0.1) is 13.8 Å². The largest absolute Gasteiger partial charge is 0.455 e. The third-order valence-corrected chi connectivity index (χ3v) is 2.19. The lowest BCUT2D eigenvalue weighted by atomic mass is 10.1. The van der Waals surface area contributed by atoms with E-state index in [0.29, 0.717) is 0 Å². The number of benzene rings is 1. The lowest BCUT2D eigenvalue weighted by Crippen LogP contribution is -1.88. The Hall–Kier alpha value is -1.83. The molecule has 1 aromatic carbocycles. The molecule has 0 bridgehead atoms. The van der Waals surface area contributed by atoms with Gasteiger partial charge in [0, 0.05) is 6.20 Å². The Bertz CT molecular complexity index is 451. The molecule has 2 nitrogen and oxygen atoms in total. The summed E-state index contributed by atoms with van der Waals surface area (Å²) in [6.45, 7) is 4.11. The Morgan fingerprint density at radius 1 is 1.13 bits per heavy atom. The van der Waals surface area contributed by atoms with E-state index in [2.05, 4.69) is 18.0 Å². The van der Waals surface area contributed by atoms with Crippen LogP contribution in [0.5, 0.6) is 11.5 Å². The van der Waals surface area contributed by atoms with Crippen molar-refractivity contribution in [2.75, 3.05) is 0 Å². The van der Waals surface area contributed by atoms with Crippen LogP contribution in [0.2, 0.25) is 0 Å². The minimum atomic E-state index is 0.768. The fourth-order valence-electron chi connectivity index (χ4n) is 1.45. The van der Waals surface area contributed by atoms with E-state index in [9.17, 15) is 0 Å². The molecule has 0 aliphatic carbocycles. The standard InChI is InChI=1S/C13H13NO/c1-10-5-6-13(11(2)8-10)15-12-4-3-7-14-9-12/h3-9H,1-2H3. The molecule has 0 amide bonds. The average Bonchev–Trinajstić information content (AvgIpc) is 2.24. The van der Waals surface area contributed by atoms with Gasteiger partial charge in [-0.15, -0.1) is 0 Å². The molecule has 2 heteroatoms. The third-order valence-electron chi connectivity index (χ3n) is 2.19. The summed E-state index contributed by atoms with van der Waals surface area (Å²) in [5.74, 6) is 1.65. The number of hydrogen-bond donors (Lipinski definition) is 0. The molecule has 76 valence electrons. The summed E-state index contributed by atoms with van der Waals surface area (Å²) in [7, 11) is 0. The van der Waals surface area contributed by atoms with Crippen molar-refractivity contribution in [2.24, 2.45) is 0 Å². The number of pyridine rings is 1. The molecule has 0 saturated carbocycles. The smallest absolute Gasteiger partial charge is 0.145 e. The van der Waals surface area contributed by atoms with Gasteiger partial charge in [-0.05, 0) is 37.6 Å². The van der Waals surface area contributed by atoms with Gasteiger partial charge >= 0.3 is 0 Å². The molecule has 0 saturated heterocycles. The van der Waals surface area contributed by atoms with E-state index in [1.165, 1.54) is 5.56 Å². The summed E-state index contributed by atoms with van der Waals surface area (Å²) >= 11 is 0. The molecule has 2 aromatic rings. The predicted octanol–water partition coefficient (Wildman–Crippen LogP) is 3.49. The van der Waals surface area contributed by atoms with Crippen LogP contribution in [-0.4, -0.2) is 4.98 Å². The second-order valence-corrected chi connectivity index (χ2v) is 3.56. The number of nitrogens with zero attached hydrogens (tertiary/aromatic N) is 1. The minimum absolute atomic E-state index is 0.768. The highest BCUT2D eigenvalue weighted by molar-refractivity contribution is 5.38. The first-order valence-electron chi connectivity index (χ1n) is 4.91. The molecule has 0 atom stereocenters. The van der Waals surface area contributed by atoms with Crippen molar-refractivity contribution in [2.45, 2.75) is 13.8 Å². The molecule has 0 radical (unpaired) electrons. The van der Waals surface area contributed by atoms with Gasteiger partial charge in [0.1, 0.15) is 11.5 Å². The maximum Gasteiger partial charge on any atom is 0.145 e. The van der Waals surface area contributed by atoms with E-state index in [-0.39, 0.29) is 0 Å². The molecule has 0 fully saturated rings. The highest BCUT2D eigenvalue weighted by Gasteiger charge is 2.00. The van der Waals surface area contributed by atoms with Crippen LogP contribution >= 0.6 is 0 Å². The quantitative estimate of drug-likeness (QED) is 0.738. The molecule has 0 aliphatic heterocycles. The Morgan fingerprint density at radius 3 is 2.67 bits per heavy atom. The minimum Gasteiger partial charge on any atom is -0.455 e. The molecule has 2 rings (SSSR count). The number of aromatic nitrogens is 1. The van der Waals surface area contributed by atoms with Gasteiger partial charge in [-0.25, -0.2) is 0 Å². The summed E-state index contributed by atoms with van der Waals surface area (Å²) in [6.07, 6.45) is 3.44. The Kier molecular flexibility index (Phi) is 2.68. The van der Waals surface area contributed by atoms with Gasteiger partial charge in [-0.3, -0.25) is 4.98 Å². The first kappa shape index (κ1) is 9.71. The van der Waals surface area contributed by atoms with Gasteiger partial charge in [-0.1, -0.05) is 17.7 Å². The van der Waals surface area contributed by atoms with Gasteiger partial charge in [0.05, 0.1) is 6.20 Å². The van der Waals surface area contributed by atoms with Crippen LogP contribution in [0.15, 0.2) is 42.7 Å². The zero-order valence-electron chi connectivity index (χ0n) is 8.90. The van der Waals surface area contributed by atoms with E-state index >= 15 is 0 Å². The number of aryl methyl sites for hydroxylation is 2. The van der Waals surface area contributed by atoms with Gasteiger partial charge in [-0.2, -0.15) is 0 Å². The van der Waals surface area contributed by atoms with Gasteiger partial charge in [0.25, 0.3) is 0 Å². The molecule has 1 heterocycles. The fraction of sp³-hybridized carbons (Fsp3) is 0.154. The van der Waals surface area contributed by atoms with Crippen molar-refractivity contribution in [3.05, 3.63) is 53.9 Å². The van der Waals surface area contributed by atoms with Crippen molar-refractivity contribution >= 4 is 0 Å². The summed E-state index contributed by atoms with van der Waals surface area (Å²) in [6, 6.07) is 9.88. The molecule has 0 spiro atoms. The zero-order valence-corrected chi connectivity index (χ0v) is 8.90. The maximum absolute atomic E-state index is 5.70. The van der Waals surface area contributed by atoms with Crippen LogP contribution in [-0.2, 0) is 0 Å². The molecule has 0 N–H and O–H groups in total. The normalized spacial score (nSPS) is 10.0. The van der Waals surface area contributed by atoms with E-state index < -0.39 is 0 Å². The second-order valence-electron chi connectivity index (χ2n) is 3.56. The highest BCUT2D eigenvalue weighted by atomic mass is 16.5. The van der Waals surface area contributed by atoms with Crippen LogP contribution < -0.4 is 4.74 Å². The molecule has 1 aromatic heterocycles. The average molecular weight is 199 g/mol. The third kappa shape index (κ3) is 2.34. The van der Waals surface area contributed by atoms with Crippen LogP contribution in [0.25, 0.3) is 0 Å².